The van der Waals surface area contributed by atoms with Crippen LogP contribution >= 0.6 is 22.9 Å². The van der Waals surface area contributed by atoms with Crippen molar-refractivity contribution in [3.63, 3.8) is 0 Å². The summed E-state index contributed by atoms with van der Waals surface area (Å²) < 4.78 is 0.872. The number of hydrogen-bond donors (Lipinski definition) is 1. The van der Waals surface area contributed by atoms with E-state index in [4.69, 9.17) is 17.3 Å². The summed E-state index contributed by atoms with van der Waals surface area (Å²) in [5, 5.41) is 0. The van der Waals surface area contributed by atoms with Crippen molar-refractivity contribution in [3.05, 3.63) is 21.3 Å². The molecule has 1 aromatic rings. The molecule has 1 rings (SSSR count). The highest BCUT2D eigenvalue weighted by molar-refractivity contribution is 7.16. The molecule has 0 saturated heterocycles. The van der Waals surface area contributed by atoms with Gasteiger partial charge in [-0.2, -0.15) is 0 Å². The highest BCUT2D eigenvalue weighted by Gasteiger charge is 2.16. The Hall–Kier alpha value is -0.0900. The first kappa shape index (κ1) is 14.0. The second-order valence-electron chi connectivity index (χ2n) is 4.48. The largest absolute Gasteiger partial charge is 0.329 e. The molecule has 92 valence electrons. The second-order valence-corrected chi connectivity index (χ2v) is 6.28. The maximum Gasteiger partial charge on any atom is 0.0931 e. The third kappa shape index (κ3) is 4.06. The van der Waals surface area contributed by atoms with Gasteiger partial charge in [-0.1, -0.05) is 25.4 Å². The molecule has 0 saturated carbocycles. The zero-order valence-electron chi connectivity index (χ0n) is 10.2. The van der Waals surface area contributed by atoms with Gasteiger partial charge in [0.1, 0.15) is 0 Å². The van der Waals surface area contributed by atoms with Crippen LogP contribution < -0.4 is 5.73 Å². The summed E-state index contributed by atoms with van der Waals surface area (Å²) in [6.45, 7) is 6.20. The first-order chi connectivity index (χ1) is 7.54. The number of nitrogens with two attached hydrogens (primary N) is 1. The molecule has 0 aliphatic carbocycles. The molecule has 0 bridgehead atoms. The lowest BCUT2D eigenvalue weighted by Gasteiger charge is -2.29. The molecule has 1 aromatic heterocycles. The number of hydrogen-bond acceptors (Lipinski definition) is 3. The van der Waals surface area contributed by atoms with Gasteiger partial charge in [0.25, 0.3) is 0 Å². The number of likely N-dealkylation sites (N-methyl/N-ethyl adjacent to an activating group) is 1. The van der Waals surface area contributed by atoms with Gasteiger partial charge in [0, 0.05) is 24.0 Å². The van der Waals surface area contributed by atoms with E-state index in [9.17, 15) is 0 Å². The molecule has 0 aromatic carbocycles. The maximum absolute atomic E-state index is 5.90. The number of nitrogens with zero attached hydrogens (tertiary/aromatic N) is 1. The molecule has 0 radical (unpaired) electrons. The Morgan fingerprint density at radius 2 is 2.12 bits per heavy atom. The molecule has 2 nitrogen and oxygen atoms in total. The molecule has 1 heterocycles. The van der Waals surface area contributed by atoms with Crippen molar-refractivity contribution in [1.82, 2.24) is 4.90 Å². The van der Waals surface area contributed by atoms with E-state index in [2.05, 4.69) is 31.9 Å². The normalized spacial score (nSPS) is 13.7. The molecule has 0 amide bonds. The quantitative estimate of drug-likeness (QED) is 0.852. The minimum absolute atomic E-state index is 0.468. The molecule has 4 heteroatoms. The van der Waals surface area contributed by atoms with Crippen LogP contribution in [0.2, 0.25) is 4.34 Å². The fourth-order valence-corrected chi connectivity index (χ4v) is 2.98. The van der Waals surface area contributed by atoms with E-state index in [-0.39, 0.29) is 0 Å². The van der Waals surface area contributed by atoms with Crippen molar-refractivity contribution in [2.45, 2.75) is 26.3 Å². The highest BCUT2D eigenvalue weighted by Crippen LogP contribution is 2.22. The van der Waals surface area contributed by atoms with Gasteiger partial charge in [-0.15, -0.1) is 11.3 Å². The third-order valence-electron chi connectivity index (χ3n) is 2.92. The number of thiophene rings is 1. The molecule has 0 aliphatic rings. The lowest BCUT2D eigenvalue weighted by molar-refractivity contribution is 0.200. The predicted octanol–water partition coefficient (Wildman–Crippen LogP) is 2.86. The number of halogens is 1. The summed E-state index contributed by atoms with van der Waals surface area (Å²) in [5.74, 6) is 0.599. The SMILES string of the molecule is CC(C)C(CN)N(C)CCc1ccc(Cl)s1. The van der Waals surface area contributed by atoms with Gasteiger partial charge in [-0.05, 0) is 31.5 Å². The van der Waals surface area contributed by atoms with Crippen molar-refractivity contribution in [1.29, 1.82) is 0 Å². The van der Waals surface area contributed by atoms with Crippen LogP contribution in [-0.4, -0.2) is 31.1 Å². The zero-order valence-corrected chi connectivity index (χ0v) is 11.8. The Bertz CT molecular complexity index is 312. The Morgan fingerprint density at radius 1 is 1.44 bits per heavy atom. The predicted molar refractivity (Wildman–Crippen MR) is 73.3 cm³/mol. The fourth-order valence-electron chi connectivity index (χ4n) is 1.90. The van der Waals surface area contributed by atoms with Crippen LogP contribution in [0, 0.1) is 5.92 Å². The van der Waals surface area contributed by atoms with E-state index in [0.29, 0.717) is 12.0 Å². The van der Waals surface area contributed by atoms with Crippen molar-refractivity contribution in [3.8, 4) is 0 Å². The summed E-state index contributed by atoms with van der Waals surface area (Å²) in [6, 6.07) is 4.54. The topological polar surface area (TPSA) is 29.3 Å². The summed E-state index contributed by atoms with van der Waals surface area (Å²) in [6.07, 6.45) is 1.05. The molecule has 1 atom stereocenters. The van der Waals surface area contributed by atoms with Gasteiger partial charge >= 0.3 is 0 Å². The fraction of sp³-hybridized carbons (Fsp3) is 0.667. The lowest BCUT2D eigenvalue weighted by Crippen LogP contribution is -2.42. The van der Waals surface area contributed by atoms with Gasteiger partial charge in [0.2, 0.25) is 0 Å². The minimum Gasteiger partial charge on any atom is -0.329 e. The van der Waals surface area contributed by atoms with Crippen LogP contribution in [0.1, 0.15) is 18.7 Å². The number of rotatable bonds is 6. The van der Waals surface area contributed by atoms with Gasteiger partial charge in [-0.3, -0.25) is 0 Å². The van der Waals surface area contributed by atoms with Crippen LogP contribution in [0.3, 0.4) is 0 Å². The second kappa shape index (κ2) is 6.60. The van der Waals surface area contributed by atoms with E-state index in [0.717, 1.165) is 23.8 Å². The summed E-state index contributed by atoms with van der Waals surface area (Å²) in [7, 11) is 2.15. The Labute approximate surface area is 107 Å². The van der Waals surface area contributed by atoms with Gasteiger partial charge in [0.15, 0.2) is 0 Å². The molecule has 16 heavy (non-hydrogen) atoms. The van der Waals surface area contributed by atoms with E-state index in [1.54, 1.807) is 11.3 Å². The molecular weight excluding hydrogens is 240 g/mol. The maximum atomic E-state index is 5.90. The van der Waals surface area contributed by atoms with Crippen LogP contribution in [0.4, 0.5) is 0 Å². The monoisotopic (exact) mass is 260 g/mol. The average molecular weight is 261 g/mol. The molecule has 0 spiro atoms. The van der Waals surface area contributed by atoms with Gasteiger partial charge in [0.05, 0.1) is 4.34 Å². The first-order valence-corrected chi connectivity index (χ1v) is 6.88. The van der Waals surface area contributed by atoms with Crippen molar-refractivity contribution in [2.75, 3.05) is 20.1 Å². The standard InChI is InChI=1S/C12H21ClN2S/c1-9(2)11(8-14)15(3)7-6-10-4-5-12(13)16-10/h4-5,9,11H,6-8,14H2,1-3H3. The molecule has 1 unspecified atom stereocenters. The molecule has 0 aliphatic heterocycles. The van der Waals surface area contributed by atoms with Crippen molar-refractivity contribution in [2.24, 2.45) is 11.7 Å². The Morgan fingerprint density at radius 3 is 2.56 bits per heavy atom. The molecule has 0 fully saturated rings. The smallest absolute Gasteiger partial charge is 0.0931 e. The van der Waals surface area contributed by atoms with E-state index in [1.807, 2.05) is 6.07 Å². The average Bonchev–Trinajstić information content (AvgIpc) is 2.62. The first-order valence-electron chi connectivity index (χ1n) is 5.69. The Balaban J connectivity index is 2.42. The van der Waals surface area contributed by atoms with E-state index < -0.39 is 0 Å². The molecule has 2 N–H and O–H groups in total. The van der Waals surface area contributed by atoms with Crippen molar-refractivity contribution < 1.29 is 0 Å². The van der Waals surface area contributed by atoms with Gasteiger partial charge in [-0.25, -0.2) is 0 Å². The summed E-state index contributed by atoms with van der Waals surface area (Å²) >= 11 is 7.57. The minimum atomic E-state index is 0.468. The van der Waals surface area contributed by atoms with Gasteiger partial charge < -0.3 is 10.6 Å². The van der Waals surface area contributed by atoms with E-state index >= 15 is 0 Å². The summed E-state index contributed by atoms with van der Waals surface area (Å²) in [5.41, 5.74) is 5.79. The summed E-state index contributed by atoms with van der Waals surface area (Å²) in [4.78, 5) is 3.69. The van der Waals surface area contributed by atoms with E-state index in [1.165, 1.54) is 4.88 Å². The van der Waals surface area contributed by atoms with Crippen molar-refractivity contribution >= 4 is 22.9 Å². The third-order valence-corrected chi connectivity index (χ3v) is 4.21. The highest BCUT2D eigenvalue weighted by atomic mass is 35.5. The zero-order chi connectivity index (χ0) is 12.1. The van der Waals surface area contributed by atoms with Crippen LogP contribution in [0.15, 0.2) is 12.1 Å². The van der Waals surface area contributed by atoms with Crippen LogP contribution in [0.5, 0.6) is 0 Å². The van der Waals surface area contributed by atoms with Crippen LogP contribution in [-0.2, 0) is 6.42 Å². The van der Waals surface area contributed by atoms with Crippen LogP contribution in [0.25, 0.3) is 0 Å². The Kier molecular flexibility index (Phi) is 5.76. The lowest BCUT2D eigenvalue weighted by atomic mass is 10.0. The molecular formula is C12H21ClN2S.